The van der Waals surface area contributed by atoms with E-state index in [0.717, 1.165) is 81.1 Å². The number of aromatic nitrogens is 2. The number of urea groups is 1. The van der Waals surface area contributed by atoms with Gasteiger partial charge in [-0.25, -0.2) is 9.78 Å². The van der Waals surface area contributed by atoms with Crippen LogP contribution in [0.3, 0.4) is 0 Å². The number of benzene rings is 1. The number of alkyl halides is 3. The molecule has 4 rings (SSSR count). The van der Waals surface area contributed by atoms with E-state index < -0.39 is 17.8 Å². The van der Waals surface area contributed by atoms with E-state index in [-0.39, 0.29) is 22.8 Å². The van der Waals surface area contributed by atoms with Crippen molar-refractivity contribution < 1.29 is 18.0 Å². The van der Waals surface area contributed by atoms with E-state index in [1.807, 2.05) is 19.0 Å². The highest BCUT2D eigenvalue weighted by molar-refractivity contribution is 6.33. The van der Waals surface area contributed by atoms with E-state index in [1.165, 1.54) is 5.56 Å². The summed E-state index contributed by atoms with van der Waals surface area (Å²) in [5.41, 5.74) is 1.42. The molecule has 0 bridgehead atoms. The van der Waals surface area contributed by atoms with Gasteiger partial charge in [-0.15, -0.1) is 0 Å². The molecule has 0 spiro atoms. The minimum Gasteiger partial charge on any atom is -0.362 e. The van der Waals surface area contributed by atoms with Crippen LogP contribution in [0.15, 0.2) is 18.2 Å². The first kappa shape index (κ1) is 25.3. The second kappa shape index (κ2) is 10.5. The molecule has 1 aromatic carbocycles. The molecule has 1 heterocycles. The van der Waals surface area contributed by atoms with Crippen molar-refractivity contribution >= 4 is 35.1 Å². The Balaban J connectivity index is 1.31. The lowest BCUT2D eigenvalue weighted by Gasteiger charge is -2.30. The monoisotopic (exact) mass is 510 g/mol. The van der Waals surface area contributed by atoms with Gasteiger partial charge in [0.2, 0.25) is 5.95 Å². The SMILES string of the molecule is CN(C)c1nc(NC2CCC(NC(=O)Nc3cc(C(F)(F)F)ccc3Cl)CC2)nc2c1CCCC2. The van der Waals surface area contributed by atoms with Gasteiger partial charge < -0.3 is 20.9 Å². The highest BCUT2D eigenvalue weighted by atomic mass is 35.5. The highest BCUT2D eigenvalue weighted by Gasteiger charge is 2.31. The fraction of sp³-hybridized carbons (Fsp3) is 0.542. The van der Waals surface area contributed by atoms with Crippen LogP contribution in [0, 0.1) is 0 Å². The van der Waals surface area contributed by atoms with Gasteiger partial charge in [-0.05, 0) is 69.6 Å². The van der Waals surface area contributed by atoms with Crippen molar-refractivity contribution in [3.8, 4) is 0 Å². The molecule has 190 valence electrons. The number of anilines is 3. The van der Waals surface area contributed by atoms with Crippen LogP contribution < -0.4 is 20.9 Å². The van der Waals surface area contributed by atoms with E-state index >= 15 is 0 Å². The normalized spacial score (nSPS) is 20.1. The van der Waals surface area contributed by atoms with Crippen LogP contribution >= 0.6 is 11.6 Å². The van der Waals surface area contributed by atoms with E-state index in [0.29, 0.717) is 5.95 Å². The summed E-state index contributed by atoms with van der Waals surface area (Å²) in [4.78, 5) is 24.0. The minimum atomic E-state index is -4.52. The average molecular weight is 511 g/mol. The molecule has 35 heavy (non-hydrogen) atoms. The molecule has 0 aliphatic heterocycles. The van der Waals surface area contributed by atoms with Gasteiger partial charge >= 0.3 is 12.2 Å². The Morgan fingerprint density at radius 3 is 2.43 bits per heavy atom. The van der Waals surface area contributed by atoms with Crippen LogP contribution in [-0.2, 0) is 19.0 Å². The zero-order chi connectivity index (χ0) is 25.2. The van der Waals surface area contributed by atoms with Crippen LogP contribution in [-0.4, -0.2) is 42.2 Å². The molecule has 1 saturated carbocycles. The molecule has 1 aromatic heterocycles. The van der Waals surface area contributed by atoms with Gasteiger partial charge in [0.15, 0.2) is 0 Å². The van der Waals surface area contributed by atoms with Crippen molar-refractivity contribution in [3.05, 3.63) is 40.0 Å². The van der Waals surface area contributed by atoms with Crippen LogP contribution in [0.2, 0.25) is 5.02 Å². The van der Waals surface area contributed by atoms with Crippen molar-refractivity contribution in [2.45, 2.75) is 69.6 Å². The summed E-state index contributed by atoms with van der Waals surface area (Å²) >= 11 is 5.97. The smallest absolute Gasteiger partial charge is 0.362 e. The third kappa shape index (κ3) is 6.28. The van der Waals surface area contributed by atoms with Gasteiger partial charge in [0.25, 0.3) is 0 Å². The van der Waals surface area contributed by atoms with Crippen molar-refractivity contribution in [2.24, 2.45) is 0 Å². The van der Waals surface area contributed by atoms with Crippen molar-refractivity contribution in [1.29, 1.82) is 0 Å². The van der Waals surface area contributed by atoms with E-state index in [2.05, 4.69) is 16.0 Å². The number of hydrogen-bond acceptors (Lipinski definition) is 5. The topological polar surface area (TPSA) is 82.2 Å². The predicted molar refractivity (Wildman–Crippen MR) is 131 cm³/mol. The Morgan fingerprint density at radius 2 is 1.74 bits per heavy atom. The molecule has 3 N–H and O–H groups in total. The number of nitrogens with zero attached hydrogens (tertiary/aromatic N) is 3. The van der Waals surface area contributed by atoms with Gasteiger partial charge in [-0.1, -0.05) is 11.6 Å². The van der Waals surface area contributed by atoms with E-state index in [4.69, 9.17) is 21.6 Å². The number of hydrogen-bond donors (Lipinski definition) is 3. The molecular weight excluding hydrogens is 481 g/mol. The van der Waals surface area contributed by atoms with Crippen molar-refractivity contribution in [3.63, 3.8) is 0 Å². The number of amides is 2. The average Bonchev–Trinajstić information content (AvgIpc) is 2.80. The molecule has 0 unspecified atom stereocenters. The van der Waals surface area contributed by atoms with Crippen LogP contribution in [0.4, 0.5) is 35.4 Å². The number of nitrogens with one attached hydrogen (secondary N) is 3. The summed E-state index contributed by atoms with van der Waals surface area (Å²) < 4.78 is 38.9. The lowest BCUT2D eigenvalue weighted by Crippen LogP contribution is -2.42. The maximum atomic E-state index is 13.0. The fourth-order valence-electron chi connectivity index (χ4n) is 4.71. The fourth-order valence-corrected chi connectivity index (χ4v) is 4.88. The van der Waals surface area contributed by atoms with Crippen molar-refractivity contribution in [2.75, 3.05) is 29.6 Å². The quantitative estimate of drug-likeness (QED) is 0.485. The number of carbonyl (C=O) groups is 1. The Bertz CT molecular complexity index is 1070. The zero-order valence-electron chi connectivity index (χ0n) is 19.8. The zero-order valence-corrected chi connectivity index (χ0v) is 20.6. The summed E-state index contributed by atoms with van der Waals surface area (Å²) in [6.07, 6.45) is 2.84. The van der Waals surface area contributed by atoms with Gasteiger partial charge in [0, 0.05) is 31.7 Å². The number of fused-ring (bicyclic) bond motifs is 1. The summed E-state index contributed by atoms with van der Waals surface area (Å²) in [5, 5.41) is 8.80. The molecule has 2 amide bonds. The Kier molecular flexibility index (Phi) is 7.59. The Labute approximate surface area is 207 Å². The second-order valence-corrected chi connectivity index (χ2v) is 9.79. The first-order valence-corrected chi connectivity index (χ1v) is 12.3. The van der Waals surface area contributed by atoms with Gasteiger partial charge in [-0.3, -0.25) is 0 Å². The third-order valence-corrected chi connectivity index (χ3v) is 6.85. The standard InChI is InChI=1S/C24H30ClF3N6O/c1-34(2)21-17-5-3-4-6-19(17)31-22(33-21)29-15-8-10-16(11-9-15)30-23(35)32-20-13-14(24(26,27)28)7-12-18(20)25/h7,12-13,15-16H,3-6,8-11H2,1-2H3,(H,29,31,33)(H2,30,32,35). The molecule has 2 aliphatic rings. The largest absolute Gasteiger partial charge is 0.416 e. The predicted octanol–water partition coefficient (Wildman–Crippen LogP) is 5.64. The van der Waals surface area contributed by atoms with E-state index in [9.17, 15) is 18.0 Å². The number of halogens is 4. The molecule has 11 heteroatoms. The molecule has 0 radical (unpaired) electrons. The highest BCUT2D eigenvalue weighted by Crippen LogP contribution is 2.34. The maximum Gasteiger partial charge on any atom is 0.416 e. The summed E-state index contributed by atoms with van der Waals surface area (Å²) in [5.74, 6) is 1.61. The van der Waals surface area contributed by atoms with Crippen LogP contribution in [0.5, 0.6) is 0 Å². The first-order valence-electron chi connectivity index (χ1n) is 11.9. The number of carbonyl (C=O) groups excluding carboxylic acids is 1. The summed E-state index contributed by atoms with van der Waals surface area (Å²) in [7, 11) is 3.99. The third-order valence-electron chi connectivity index (χ3n) is 6.52. The van der Waals surface area contributed by atoms with Gasteiger partial charge in [-0.2, -0.15) is 18.2 Å². The number of aryl methyl sites for hydroxylation is 1. The van der Waals surface area contributed by atoms with Gasteiger partial charge in [0.05, 0.1) is 22.0 Å². The molecule has 0 atom stereocenters. The van der Waals surface area contributed by atoms with Crippen LogP contribution in [0.25, 0.3) is 0 Å². The summed E-state index contributed by atoms with van der Waals surface area (Å²) in [6, 6.07) is 2.37. The van der Waals surface area contributed by atoms with Crippen molar-refractivity contribution in [1.82, 2.24) is 15.3 Å². The maximum absolute atomic E-state index is 13.0. The second-order valence-electron chi connectivity index (χ2n) is 9.38. The molecule has 2 aliphatic carbocycles. The van der Waals surface area contributed by atoms with Crippen LogP contribution in [0.1, 0.15) is 55.3 Å². The molecule has 1 fully saturated rings. The lowest BCUT2D eigenvalue weighted by molar-refractivity contribution is -0.137. The molecule has 0 saturated heterocycles. The van der Waals surface area contributed by atoms with Gasteiger partial charge in [0.1, 0.15) is 5.82 Å². The molecule has 7 nitrogen and oxygen atoms in total. The lowest BCUT2D eigenvalue weighted by atomic mass is 9.91. The Hall–Kier alpha value is -2.75. The molecule has 2 aromatic rings. The Morgan fingerprint density at radius 1 is 1.06 bits per heavy atom. The minimum absolute atomic E-state index is 0.0446. The van der Waals surface area contributed by atoms with E-state index in [1.54, 1.807) is 0 Å². The number of rotatable bonds is 5. The first-order chi connectivity index (χ1) is 16.6. The molecular formula is C24H30ClF3N6O. The summed E-state index contributed by atoms with van der Waals surface area (Å²) in [6.45, 7) is 0.